The van der Waals surface area contributed by atoms with Gasteiger partial charge in [0.15, 0.2) is 23.0 Å². The Morgan fingerprint density at radius 2 is 1.37 bits per heavy atom. The van der Waals surface area contributed by atoms with E-state index in [2.05, 4.69) is 20.4 Å². The summed E-state index contributed by atoms with van der Waals surface area (Å²) in [5.41, 5.74) is 2.24. The first kappa shape index (κ1) is 18.2. The molecular formula is C19H20N4O4. The molecule has 1 heterocycles. The minimum absolute atomic E-state index is 0.431. The normalized spacial score (nSPS) is 10.8. The number of H-pyrrole nitrogens is 1. The average molecular weight is 368 g/mol. The van der Waals surface area contributed by atoms with Crippen molar-refractivity contribution in [2.75, 3.05) is 28.4 Å². The third-order valence-electron chi connectivity index (χ3n) is 3.91. The summed E-state index contributed by atoms with van der Waals surface area (Å²) < 4.78 is 21.1. The Hall–Kier alpha value is -3.55. The molecule has 1 N–H and O–H groups in total. The maximum atomic E-state index is 5.36. The first-order chi connectivity index (χ1) is 13.2. The molecular weight excluding hydrogens is 348 g/mol. The lowest BCUT2D eigenvalue weighted by atomic mass is 10.1. The van der Waals surface area contributed by atoms with Crippen molar-refractivity contribution in [2.45, 2.75) is 0 Å². The Morgan fingerprint density at radius 1 is 0.741 bits per heavy atom. The predicted molar refractivity (Wildman–Crippen MR) is 101 cm³/mol. The van der Waals surface area contributed by atoms with Gasteiger partial charge in [-0.2, -0.15) is 5.10 Å². The average Bonchev–Trinajstić information content (AvgIpc) is 3.20. The van der Waals surface area contributed by atoms with Crippen LogP contribution in [0.5, 0.6) is 23.0 Å². The number of aromatic amines is 1. The van der Waals surface area contributed by atoms with E-state index in [9.17, 15) is 0 Å². The summed E-state index contributed by atoms with van der Waals surface area (Å²) in [7, 11) is 6.29. The van der Waals surface area contributed by atoms with Crippen LogP contribution in [-0.4, -0.2) is 38.6 Å². The van der Waals surface area contributed by atoms with Crippen molar-refractivity contribution in [2.24, 2.45) is 10.2 Å². The van der Waals surface area contributed by atoms with Crippen LogP contribution in [0.1, 0.15) is 0 Å². The van der Waals surface area contributed by atoms with Crippen molar-refractivity contribution in [3.63, 3.8) is 0 Å². The lowest BCUT2D eigenvalue weighted by Gasteiger charge is -2.10. The third-order valence-corrected chi connectivity index (χ3v) is 3.91. The second-order valence-corrected chi connectivity index (χ2v) is 5.45. The summed E-state index contributed by atoms with van der Waals surface area (Å²) in [6.07, 6.45) is 0. The second-order valence-electron chi connectivity index (χ2n) is 5.45. The molecule has 3 rings (SSSR count). The SMILES string of the molecule is COc1ccc(-c2cc(N=Nc3c(OC)cc(OC)cc3OC)n[nH]2)cc1. The first-order valence-electron chi connectivity index (χ1n) is 8.10. The van der Waals surface area contributed by atoms with Crippen LogP contribution in [0.3, 0.4) is 0 Å². The number of methoxy groups -OCH3 is 4. The molecule has 0 amide bonds. The lowest BCUT2D eigenvalue weighted by molar-refractivity contribution is 0.377. The van der Waals surface area contributed by atoms with E-state index in [1.54, 1.807) is 46.6 Å². The predicted octanol–water partition coefficient (Wildman–Crippen LogP) is 4.53. The van der Waals surface area contributed by atoms with E-state index in [4.69, 9.17) is 18.9 Å². The Kier molecular flexibility index (Phi) is 5.55. The van der Waals surface area contributed by atoms with Gasteiger partial charge in [-0.15, -0.1) is 10.2 Å². The molecule has 8 heteroatoms. The summed E-state index contributed by atoms with van der Waals surface area (Å²) in [5, 5.41) is 15.5. The molecule has 140 valence electrons. The Balaban J connectivity index is 1.87. The van der Waals surface area contributed by atoms with E-state index >= 15 is 0 Å². The van der Waals surface area contributed by atoms with Crippen molar-refractivity contribution >= 4 is 11.5 Å². The zero-order valence-corrected chi connectivity index (χ0v) is 15.5. The molecule has 0 aliphatic heterocycles. The fraction of sp³-hybridized carbons (Fsp3) is 0.211. The van der Waals surface area contributed by atoms with Gasteiger partial charge < -0.3 is 18.9 Å². The molecule has 0 aliphatic carbocycles. The first-order valence-corrected chi connectivity index (χ1v) is 8.10. The number of hydrogen-bond donors (Lipinski definition) is 1. The molecule has 0 atom stereocenters. The summed E-state index contributed by atoms with van der Waals surface area (Å²) in [6, 6.07) is 12.8. The number of azo groups is 1. The molecule has 2 aromatic carbocycles. The van der Waals surface area contributed by atoms with E-state index < -0.39 is 0 Å². The smallest absolute Gasteiger partial charge is 0.196 e. The van der Waals surface area contributed by atoms with Crippen molar-refractivity contribution in [1.82, 2.24) is 10.2 Å². The van der Waals surface area contributed by atoms with Gasteiger partial charge in [0, 0.05) is 18.2 Å². The monoisotopic (exact) mass is 368 g/mol. The fourth-order valence-electron chi connectivity index (χ4n) is 2.47. The van der Waals surface area contributed by atoms with Crippen LogP contribution in [0.4, 0.5) is 11.5 Å². The Labute approximate surface area is 156 Å². The van der Waals surface area contributed by atoms with Crippen LogP contribution < -0.4 is 18.9 Å². The van der Waals surface area contributed by atoms with Crippen molar-refractivity contribution in [3.05, 3.63) is 42.5 Å². The molecule has 0 radical (unpaired) electrons. The van der Waals surface area contributed by atoms with E-state index in [0.29, 0.717) is 28.8 Å². The fourth-order valence-corrected chi connectivity index (χ4v) is 2.47. The molecule has 8 nitrogen and oxygen atoms in total. The summed E-state index contributed by atoms with van der Waals surface area (Å²) in [4.78, 5) is 0. The number of rotatable bonds is 7. The number of hydrogen-bond acceptors (Lipinski definition) is 7. The number of benzene rings is 2. The molecule has 0 spiro atoms. The van der Waals surface area contributed by atoms with Crippen LogP contribution in [0.2, 0.25) is 0 Å². The van der Waals surface area contributed by atoms with Crippen molar-refractivity contribution < 1.29 is 18.9 Å². The van der Waals surface area contributed by atoms with E-state index in [0.717, 1.165) is 17.0 Å². The van der Waals surface area contributed by atoms with Crippen LogP contribution in [0.15, 0.2) is 52.7 Å². The maximum Gasteiger partial charge on any atom is 0.196 e. The summed E-state index contributed by atoms with van der Waals surface area (Å²) >= 11 is 0. The molecule has 0 fully saturated rings. The number of ether oxygens (including phenoxy) is 4. The standard InChI is InChI=1S/C19H20N4O4/c1-24-13-7-5-12(6-8-13)15-11-18(21-20-15)22-23-19-16(26-3)9-14(25-2)10-17(19)27-4/h5-11H,1-4H3,(H,20,21). The van der Waals surface area contributed by atoms with Gasteiger partial charge in [0.05, 0.1) is 34.1 Å². The lowest BCUT2D eigenvalue weighted by Crippen LogP contribution is -1.91. The molecule has 3 aromatic rings. The summed E-state index contributed by atoms with van der Waals surface area (Å²) in [5.74, 6) is 2.79. The van der Waals surface area contributed by atoms with Gasteiger partial charge in [0.1, 0.15) is 11.5 Å². The zero-order chi connectivity index (χ0) is 19.2. The van der Waals surface area contributed by atoms with Gasteiger partial charge in [-0.1, -0.05) is 0 Å². The van der Waals surface area contributed by atoms with Gasteiger partial charge in [-0.05, 0) is 29.8 Å². The topological polar surface area (TPSA) is 90.3 Å². The summed E-state index contributed by atoms with van der Waals surface area (Å²) in [6.45, 7) is 0. The van der Waals surface area contributed by atoms with Gasteiger partial charge in [-0.25, -0.2) is 0 Å². The maximum absolute atomic E-state index is 5.36. The highest BCUT2D eigenvalue weighted by Gasteiger charge is 2.13. The van der Waals surface area contributed by atoms with Crippen LogP contribution in [0, 0.1) is 0 Å². The highest BCUT2D eigenvalue weighted by molar-refractivity contribution is 5.66. The van der Waals surface area contributed by atoms with E-state index in [1.807, 2.05) is 24.3 Å². The van der Waals surface area contributed by atoms with Crippen molar-refractivity contribution in [3.8, 4) is 34.3 Å². The number of aromatic nitrogens is 2. The Morgan fingerprint density at radius 3 is 1.93 bits per heavy atom. The van der Waals surface area contributed by atoms with Crippen LogP contribution in [0.25, 0.3) is 11.3 Å². The van der Waals surface area contributed by atoms with Gasteiger partial charge in [-0.3, -0.25) is 5.10 Å². The highest BCUT2D eigenvalue weighted by atomic mass is 16.5. The van der Waals surface area contributed by atoms with Crippen LogP contribution in [-0.2, 0) is 0 Å². The third kappa shape index (κ3) is 4.00. The highest BCUT2D eigenvalue weighted by Crippen LogP contribution is 2.41. The van der Waals surface area contributed by atoms with Gasteiger partial charge >= 0.3 is 0 Å². The minimum Gasteiger partial charge on any atom is -0.497 e. The molecule has 0 saturated heterocycles. The largest absolute Gasteiger partial charge is 0.497 e. The van der Waals surface area contributed by atoms with Gasteiger partial charge in [0.2, 0.25) is 0 Å². The van der Waals surface area contributed by atoms with Crippen molar-refractivity contribution in [1.29, 1.82) is 0 Å². The Bertz CT molecular complexity index is 910. The molecule has 27 heavy (non-hydrogen) atoms. The molecule has 0 saturated carbocycles. The molecule has 0 unspecified atom stereocenters. The van der Waals surface area contributed by atoms with Crippen LogP contribution >= 0.6 is 0 Å². The zero-order valence-electron chi connectivity index (χ0n) is 15.5. The molecule has 0 aliphatic rings. The van der Waals surface area contributed by atoms with E-state index in [-0.39, 0.29) is 0 Å². The molecule has 0 bridgehead atoms. The second kappa shape index (κ2) is 8.22. The number of nitrogens with zero attached hydrogens (tertiary/aromatic N) is 3. The van der Waals surface area contributed by atoms with Gasteiger partial charge in [0.25, 0.3) is 0 Å². The molecule has 1 aromatic heterocycles. The minimum atomic E-state index is 0.431. The quantitative estimate of drug-likeness (QED) is 0.619. The number of nitrogens with one attached hydrogen (secondary N) is 1. The van der Waals surface area contributed by atoms with E-state index in [1.165, 1.54) is 0 Å².